The maximum absolute atomic E-state index is 5.31. The predicted molar refractivity (Wildman–Crippen MR) is 64.9 cm³/mol. The van der Waals surface area contributed by atoms with Gasteiger partial charge in [-0.2, -0.15) is 0 Å². The fourth-order valence-electron chi connectivity index (χ4n) is 1.92. The molecule has 2 fully saturated rings. The topological polar surface area (TPSA) is 50.3 Å². The summed E-state index contributed by atoms with van der Waals surface area (Å²) in [5.74, 6) is 0.823. The maximum atomic E-state index is 5.31. The van der Waals surface area contributed by atoms with E-state index in [0.717, 1.165) is 50.4 Å². The van der Waals surface area contributed by atoms with E-state index in [9.17, 15) is 0 Å². The molecule has 0 unspecified atom stereocenters. The van der Waals surface area contributed by atoms with Gasteiger partial charge in [0.1, 0.15) is 0 Å². The second-order valence-electron chi connectivity index (χ2n) is 4.65. The molecule has 1 aliphatic heterocycles. The first-order chi connectivity index (χ1) is 8.42. The first-order valence-corrected chi connectivity index (χ1v) is 6.29. The van der Waals surface area contributed by atoms with Gasteiger partial charge in [-0.05, 0) is 12.8 Å². The molecule has 17 heavy (non-hydrogen) atoms. The lowest BCUT2D eigenvalue weighted by Crippen LogP contribution is -2.37. The minimum absolute atomic E-state index is 0.730. The highest BCUT2D eigenvalue weighted by Gasteiger charge is 2.20. The third-order valence-corrected chi connectivity index (χ3v) is 3.16. The van der Waals surface area contributed by atoms with E-state index in [1.165, 1.54) is 12.8 Å². The molecular formula is C12H18N4O. The van der Waals surface area contributed by atoms with Gasteiger partial charge in [0, 0.05) is 43.6 Å². The molecule has 0 aromatic carbocycles. The van der Waals surface area contributed by atoms with E-state index in [4.69, 9.17) is 4.74 Å². The number of hydrogen-bond donors (Lipinski definition) is 1. The van der Waals surface area contributed by atoms with Crippen molar-refractivity contribution in [1.82, 2.24) is 15.3 Å². The Hall–Kier alpha value is -1.20. The van der Waals surface area contributed by atoms with Gasteiger partial charge < -0.3 is 15.0 Å². The Balaban J connectivity index is 1.58. The van der Waals surface area contributed by atoms with Gasteiger partial charge >= 0.3 is 0 Å². The first kappa shape index (κ1) is 10.9. The highest BCUT2D eigenvalue weighted by atomic mass is 16.5. The lowest BCUT2D eigenvalue weighted by Gasteiger charge is -2.26. The average Bonchev–Trinajstić information content (AvgIpc) is 3.22. The van der Waals surface area contributed by atoms with Crippen LogP contribution in [0.4, 0.5) is 5.95 Å². The molecule has 5 heteroatoms. The summed E-state index contributed by atoms with van der Waals surface area (Å²) < 4.78 is 5.31. The minimum Gasteiger partial charge on any atom is -0.378 e. The molecule has 5 nitrogen and oxygen atoms in total. The Morgan fingerprint density at radius 2 is 1.94 bits per heavy atom. The number of ether oxygens (including phenoxy) is 1. The van der Waals surface area contributed by atoms with Gasteiger partial charge in [0.15, 0.2) is 0 Å². The number of rotatable bonds is 4. The molecule has 1 N–H and O–H groups in total. The van der Waals surface area contributed by atoms with Crippen LogP contribution >= 0.6 is 0 Å². The lowest BCUT2D eigenvalue weighted by molar-refractivity contribution is 0.122. The van der Waals surface area contributed by atoms with E-state index in [0.29, 0.717) is 0 Å². The van der Waals surface area contributed by atoms with Crippen LogP contribution in [0.25, 0.3) is 0 Å². The van der Waals surface area contributed by atoms with Gasteiger partial charge in [0.2, 0.25) is 5.95 Å². The summed E-state index contributed by atoms with van der Waals surface area (Å²) in [5.41, 5.74) is 1.16. The summed E-state index contributed by atoms with van der Waals surface area (Å²) in [7, 11) is 0. The Morgan fingerprint density at radius 1 is 1.24 bits per heavy atom. The quantitative estimate of drug-likeness (QED) is 0.825. The number of aromatic nitrogens is 2. The van der Waals surface area contributed by atoms with Crippen LogP contribution in [0.15, 0.2) is 12.4 Å². The molecule has 0 amide bonds. The predicted octanol–water partition coefficient (Wildman–Crippen LogP) is 0.565. The molecule has 1 saturated heterocycles. The zero-order valence-corrected chi connectivity index (χ0v) is 9.93. The molecule has 2 aliphatic rings. The summed E-state index contributed by atoms with van der Waals surface area (Å²) in [6.45, 7) is 4.20. The van der Waals surface area contributed by atoms with Gasteiger partial charge in [-0.25, -0.2) is 9.97 Å². The molecule has 1 saturated carbocycles. The van der Waals surface area contributed by atoms with E-state index >= 15 is 0 Å². The highest BCUT2D eigenvalue weighted by molar-refractivity contribution is 5.30. The van der Waals surface area contributed by atoms with Crippen LogP contribution in [-0.4, -0.2) is 42.3 Å². The van der Waals surface area contributed by atoms with Gasteiger partial charge in [-0.1, -0.05) is 0 Å². The van der Waals surface area contributed by atoms with Crippen molar-refractivity contribution in [2.24, 2.45) is 0 Å². The Bertz CT molecular complexity index is 357. The molecular weight excluding hydrogens is 216 g/mol. The molecule has 0 spiro atoms. The van der Waals surface area contributed by atoms with E-state index < -0.39 is 0 Å². The SMILES string of the molecule is c1nc(N2CCOCC2)ncc1CNC1CC1. The van der Waals surface area contributed by atoms with E-state index in [1.54, 1.807) is 0 Å². The number of hydrogen-bond acceptors (Lipinski definition) is 5. The summed E-state index contributed by atoms with van der Waals surface area (Å²) >= 11 is 0. The second-order valence-corrected chi connectivity index (χ2v) is 4.65. The van der Waals surface area contributed by atoms with Crippen molar-refractivity contribution in [3.8, 4) is 0 Å². The van der Waals surface area contributed by atoms with Crippen LogP contribution < -0.4 is 10.2 Å². The minimum atomic E-state index is 0.730. The van der Waals surface area contributed by atoms with Crippen LogP contribution in [0.5, 0.6) is 0 Å². The van der Waals surface area contributed by atoms with Crippen molar-refractivity contribution in [1.29, 1.82) is 0 Å². The van der Waals surface area contributed by atoms with Gasteiger partial charge in [0.25, 0.3) is 0 Å². The molecule has 0 atom stereocenters. The molecule has 1 aromatic rings. The zero-order chi connectivity index (χ0) is 11.5. The van der Waals surface area contributed by atoms with Crippen molar-refractivity contribution < 1.29 is 4.74 Å². The first-order valence-electron chi connectivity index (χ1n) is 6.29. The molecule has 0 bridgehead atoms. The van der Waals surface area contributed by atoms with Crippen molar-refractivity contribution in [3.63, 3.8) is 0 Å². The lowest BCUT2D eigenvalue weighted by atomic mass is 10.3. The largest absolute Gasteiger partial charge is 0.378 e. The van der Waals surface area contributed by atoms with E-state index in [2.05, 4.69) is 20.2 Å². The number of anilines is 1. The Kier molecular flexibility index (Phi) is 3.20. The van der Waals surface area contributed by atoms with Crippen LogP contribution in [0.3, 0.4) is 0 Å². The van der Waals surface area contributed by atoms with Gasteiger partial charge in [-0.15, -0.1) is 0 Å². The van der Waals surface area contributed by atoms with Crippen LogP contribution in [0, 0.1) is 0 Å². The van der Waals surface area contributed by atoms with E-state index in [-0.39, 0.29) is 0 Å². The summed E-state index contributed by atoms with van der Waals surface area (Å²) in [6.07, 6.45) is 6.47. The number of nitrogens with one attached hydrogen (secondary N) is 1. The summed E-state index contributed by atoms with van der Waals surface area (Å²) in [5, 5.41) is 3.46. The van der Waals surface area contributed by atoms with Crippen molar-refractivity contribution in [2.45, 2.75) is 25.4 Å². The third kappa shape index (κ3) is 2.92. The fraction of sp³-hybridized carbons (Fsp3) is 0.667. The summed E-state index contributed by atoms with van der Waals surface area (Å²) in [6, 6.07) is 0.730. The molecule has 2 heterocycles. The number of nitrogens with zero attached hydrogens (tertiary/aromatic N) is 3. The second kappa shape index (κ2) is 4.98. The molecule has 3 rings (SSSR count). The smallest absolute Gasteiger partial charge is 0.225 e. The summed E-state index contributed by atoms with van der Waals surface area (Å²) in [4.78, 5) is 11.0. The number of morpholine rings is 1. The van der Waals surface area contributed by atoms with Crippen molar-refractivity contribution >= 4 is 5.95 Å². The van der Waals surface area contributed by atoms with Crippen LogP contribution in [0.2, 0.25) is 0 Å². The fourth-order valence-corrected chi connectivity index (χ4v) is 1.92. The van der Waals surface area contributed by atoms with Crippen LogP contribution in [-0.2, 0) is 11.3 Å². The van der Waals surface area contributed by atoms with Gasteiger partial charge in [0.05, 0.1) is 13.2 Å². The Morgan fingerprint density at radius 3 is 2.59 bits per heavy atom. The Labute approximate surface area is 101 Å². The highest BCUT2D eigenvalue weighted by Crippen LogP contribution is 2.19. The third-order valence-electron chi connectivity index (χ3n) is 3.16. The van der Waals surface area contributed by atoms with Crippen molar-refractivity contribution in [3.05, 3.63) is 18.0 Å². The molecule has 92 valence electrons. The molecule has 1 aromatic heterocycles. The molecule has 0 radical (unpaired) electrons. The van der Waals surface area contributed by atoms with Gasteiger partial charge in [-0.3, -0.25) is 0 Å². The van der Waals surface area contributed by atoms with E-state index in [1.807, 2.05) is 12.4 Å². The normalized spacial score (nSPS) is 20.6. The monoisotopic (exact) mass is 234 g/mol. The standard InChI is InChI=1S/C12H18N4O/c1-2-11(1)13-7-10-8-14-12(15-9-10)16-3-5-17-6-4-16/h8-9,11,13H,1-7H2. The van der Waals surface area contributed by atoms with Crippen molar-refractivity contribution in [2.75, 3.05) is 31.2 Å². The average molecular weight is 234 g/mol. The van der Waals surface area contributed by atoms with Crippen LogP contribution in [0.1, 0.15) is 18.4 Å². The zero-order valence-electron chi connectivity index (χ0n) is 9.93. The maximum Gasteiger partial charge on any atom is 0.225 e. The molecule has 1 aliphatic carbocycles.